The quantitative estimate of drug-likeness (QED) is 0.345. The van der Waals surface area contributed by atoms with Gasteiger partial charge in [0.2, 0.25) is 5.88 Å². The van der Waals surface area contributed by atoms with Gasteiger partial charge in [0, 0.05) is 16.2 Å². The Morgan fingerprint density at radius 1 is 1.10 bits per heavy atom. The first-order valence-electron chi connectivity index (χ1n) is 9.02. The van der Waals surface area contributed by atoms with Gasteiger partial charge >= 0.3 is 6.18 Å². The number of nitrogens with zero attached hydrogens (tertiary/aromatic N) is 1. The Bertz CT molecular complexity index is 1250. The molecular formula is C22H14ClF3N2O2S. The maximum Gasteiger partial charge on any atom is 0.416 e. The molecule has 0 radical (unpaired) electrons. The number of halogens is 4. The number of ether oxygens (including phenoxy) is 1. The number of hydrogen-bond acceptors (Lipinski definition) is 4. The molecule has 0 bridgehead atoms. The van der Waals surface area contributed by atoms with Crippen LogP contribution in [0.4, 0.5) is 18.9 Å². The molecule has 0 fully saturated rings. The number of nitrogens with one attached hydrogen (secondary N) is 1. The molecule has 4 aromatic rings. The standard InChI is InChI=1S/C22H14ClF3N2O2S/c1-12-2-6-15(7-3-12)30-18-9-5-14(11-27-18)28-21(29)20-19(23)16-8-4-13(22(24,25)26)10-17(16)31-20/h2-11H,1H3,(H,28,29). The van der Waals surface area contributed by atoms with Gasteiger partial charge in [0.05, 0.1) is 22.5 Å². The predicted octanol–water partition coefficient (Wildman–Crippen LogP) is 7.32. The Morgan fingerprint density at radius 3 is 2.48 bits per heavy atom. The van der Waals surface area contributed by atoms with Gasteiger partial charge in [-0.3, -0.25) is 4.79 Å². The number of aromatic nitrogens is 1. The van der Waals surface area contributed by atoms with Gasteiger partial charge in [-0.25, -0.2) is 4.98 Å². The van der Waals surface area contributed by atoms with Crippen molar-refractivity contribution in [1.29, 1.82) is 0 Å². The molecule has 0 aliphatic rings. The first-order valence-corrected chi connectivity index (χ1v) is 10.2. The molecular weight excluding hydrogens is 449 g/mol. The van der Waals surface area contributed by atoms with Crippen molar-refractivity contribution in [1.82, 2.24) is 4.98 Å². The van der Waals surface area contributed by atoms with Crippen LogP contribution >= 0.6 is 22.9 Å². The summed E-state index contributed by atoms with van der Waals surface area (Å²) in [6.45, 7) is 1.97. The van der Waals surface area contributed by atoms with Crippen LogP contribution < -0.4 is 10.1 Å². The van der Waals surface area contributed by atoms with Crippen LogP contribution in [0.25, 0.3) is 10.1 Å². The van der Waals surface area contributed by atoms with Crippen LogP contribution in [0.5, 0.6) is 11.6 Å². The van der Waals surface area contributed by atoms with Crippen molar-refractivity contribution in [3.05, 3.63) is 81.8 Å². The third-order valence-electron chi connectivity index (χ3n) is 4.40. The number of amides is 1. The van der Waals surface area contributed by atoms with E-state index in [1.807, 2.05) is 31.2 Å². The van der Waals surface area contributed by atoms with E-state index in [4.69, 9.17) is 16.3 Å². The molecule has 1 amide bonds. The number of carbonyl (C=O) groups is 1. The van der Waals surface area contributed by atoms with E-state index in [9.17, 15) is 18.0 Å². The molecule has 0 saturated heterocycles. The Balaban J connectivity index is 1.50. The fourth-order valence-corrected chi connectivity index (χ4v) is 4.27. The van der Waals surface area contributed by atoms with Gasteiger partial charge in [-0.15, -0.1) is 11.3 Å². The number of rotatable bonds is 4. The first kappa shape index (κ1) is 21.1. The van der Waals surface area contributed by atoms with Gasteiger partial charge in [0.1, 0.15) is 10.6 Å². The van der Waals surface area contributed by atoms with Gasteiger partial charge < -0.3 is 10.1 Å². The monoisotopic (exact) mass is 462 g/mol. The summed E-state index contributed by atoms with van der Waals surface area (Å²) in [6.07, 6.45) is -3.05. The normalized spacial score (nSPS) is 11.5. The molecule has 0 aliphatic heterocycles. The van der Waals surface area contributed by atoms with Gasteiger partial charge in [-0.1, -0.05) is 35.4 Å². The molecule has 0 saturated carbocycles. The van der Waals surface area contributed by atoms with Crippen LogP contribution in [0.1, 0.15) is 20.8 Å². The summed E-state index contributed by atoms with van der Waals surface area (Å²) in [5, 5.41) is 3.15. The number of fused-ring (bicyclic) bond motifs is 1. The van der Waals surface area contributed by atoms with E-state index in [1.165, 1.54) is 12.3 Å². The summed E-state index contributed by atoms with van der Waals surface area (Å²) in [4.78, 5) is 16.9. The zero-order valence-electron chi connectivity index (χ0n) is 16.0. The SMILES string of the molecule is Cc1ccc(Oc2ccc(NC(=O)c3sc4cc(C(F)(F)F)ccc4c3Cl)cn2)cc1. The largest absolute Gasteiger partial charge is 0.439 e. The van der Waals surface area contributed by atoms with Gasteiger partial charge in [0.15, 0.2) is 0 Å². The van der Waals surface area contributed by atoms with Gasteiger partial charge in [-0.05, 0) is 37.3 Å². The third-order valence-corrected chi connectivity index (χ3v) is 6.06. The van der Waals surface area contributed by atoms with Crippen LogP contribution in [0.3, 0.4) is 0 Å². The fourth-order valence-electron chi connectivity index (χ4n) is 2.82. The number of hydrogen-bond donors (Lipinski definition) is 1. The average Bonchev–Trinajstić information content (AvgIpc) is 3.07. The second kappa shape index (κ2) is 8.20. The van der Waals surface area contributed by atoms with Crippen molar-refractivity contribution in [2.75, 3.05) is 5.32 Å². The van der Waals surface area contributed by atoms with Crippen molar-refractivity contribution in [2.45, 2.75) is 13.1 Å². The Kier molecular flexibility index (Phi) is 5.60. The van der Waals surface area contributed by atoms with Gasteiger partial charge in [0.25, 0.3) is 5.91 Å². The molecule has 1 N–H and O–H groups in total. The molecule has 0 unspecified atom stereocenters. The number of benzene rings is 2. The number of alkyl halides is 3. The summed E-state index contributed by atoms with van der Waals surface area (Å²) in [7, 11) is 0. The Hall–Kier alpha value is -3.10. The maximum absolute atomic E-state index is 12.9. The van der Waals surface area contributed by atoms with Crippen LogP contribution in [-0.4, -0.2) is 10.9 Å². The van der Waals surface area contributed by atoms with Crippen molar-refractivity contribution in [3.8, 4) is 11.6 Å². The molecule has 2 heterocycles. The maximum atomic E-state index is 12.9. The second-order valence-electron chi connectivity index (χ2n) is 6.71. The highest BCUT2D eigenvalue weighted by Crippen LogP contribution is 2.39. The van der Waals surface area contributed by atoms with E-state index < -0.39 is 17.6 Å². The lowest BCUT2D eigenvalue weighted by Gasteiger charge is -2.07. The van der Waals surface area contributed by atoms with Crippen molar-refractivity contribution in [2.24, 2.45) is 0 Å². The first-order chi connectivity index (χ1) is 14.7. The smallest absolute Gasteiger partial charge is 0.416 e. The molecule has 4 nitrogen and oxygen atoms in total. The number of aryl methyl sites for hydroxylation is 1. The third kappa shape index (κ3) is 4.65. The van der Waals surface area contributed by atoms with Crippen LogP contribution in [0.15, 0.2) is 60.8 Å². The number of thiophene rings is 1. The highest BCUT2D eigenvalue weighted by molar-refractivity contribution is 7.21. The molecule has 0 spiro atoms. The Morgan fingerprint density at radius 2 is 1.84 bits per heavy atom. The molecule has 31 heavy (non-hydrogen) atoms. The lowest BCUT2D eigenvalue weighted by Crippen LogP contribution is -2.10. The zero-order chi connectivity index (χ0) is 22.2. The van der Waals surface area contributed by atoms with Crippen LogP contribution in [0, 0.1) is 6.92 Å². The summed E-state index contributed by atoms with van der Waals surface area (Å²) >= 11 is 7.14. The van der Waals surface area contributed by atoms with Crippen molar-refractivity contribution >= 4 is 44.6 Å². The lowest BCUT2D eigenvalue weighted by atomic mass is 10.1. The average molecular weight is 463 g/mol. The Labute approximate surface area is 184 Å². The van der Waals surface area contributed by atoms with Crippen LogP contribution in [-0.2, 0) is 6.18 Å². The second-order valence-corrected chi connectivity index (χ2v) is 8.14. The van der Waals surface area contributed by atoms with E-state index in [-0.39, 0.29) is 14.6 Å². The van der Waals surface area contributed by atoms with E-state index in [0.29, 0.717) is 22.7 Å². The molecule has 2 aromatic heterocycles. The minimum atomic E-state index is -4.47. The van der Waals surface area contributed by atoms with Gasteiger partial charge in [-0.2, -0.15) is 13.2 Å². The van der Waals surface area contributed by atoms with E-state index in [1.54, 1.807) is 12.1 Å². The molecule has 4 rings (SSSR count). The topological polar surface area (TPSA) is 51.2 Å². The zero-order valence-corrected chi connectivity index (χ0v) is 17.5. The summed E-state index contributed by atoms with van der Waals surface area (Å²) in [6, 6.07) is 13.9. The number of pyridine rings is 1. The van der Waals surface area contributed by atoms with E-state index >= 15 is 0 Å². The summed E-state index contributed by atoms with van der Waals surface area (Å²) < 4.78 is 44.7. The van der Waals surface area contributed by atoms with E-state index in [0.717, 1.165) is 29.0 Å². The fraction of sp³-hybridized carbons (Fsp3) is 0.0909. The molecule has 0 aliphatic carbocycles. The minimum absolute atomic E-state index is 0.110. The van der Waals surface area contributed by atoms with E-state index in [2.05, 4.69) is 10.3 Å². The molecule has 9 heteroatoms. The molecule has 0 atom stereocenters. The summed E-state index contributed by atoms with van der Waals surface area (Å²) in [5.74, 6) is 0.445. The summed E-state index contributed by atoms with van der Waals surface area (Å²) in [5.41, 5.74) is 0.705. The van der Waals surface area contributed by atoms with Crippen molar-refractivity contribution in [3.63, 3.8) is 0 Å². The lowest BCUT2D eigenvalue weighted by molar-refractivity contribution is -0.137. The number of carbonyl (C=O) groups excluding carboxylic acids is 1. The highest BCUT2D eigenvalue weighted by Gasteiger charge is 2.31. The molecule has 158 valence electrons. The minimum Gasteiger partial charge on any atom is -0.439 e. The highest BCUT2D eigenvalue weighted by atomic mass is 35.5. The van der Waals surface area contributed by atoms with Crippen molar-refractivity contribution < 1.29 is 22.7 Å². The number of anilines is 1. The van der Waals surface area contributed by atoms with Crippen LogP contribution in [0.2, 0.25) is 5.02 Å². The molecule has 2 aromatic carbocycles. The predicted molar refractivity (Wildman–Crippen MR) is 115 cm³/mol.